The largest absolute Gasteiger partial charge is 0.497 e. The van der Waals surface area contributed by atoms with E-state index in [1.54, 1.807) is 7.11 Å². The molecule has 3 nitrogen and oxygen atoms in total. The Kier molecular flexibility index (Phi) is 3.83. The van der Waals surface area contributed by atoms with Crippen molar-refractivity contribution in [3.8, 4) is 17.6 Å². The molecule has 0 saturated carbocycles. The van der Waals surface area contributed by atoms with Gasteiger partial charge in [0.1, 0.15) is 12.4 Å². The van der Waals surface area contributed by atoms with Crippen LogP contribution in [0.2, 0.25) is 0 Å². The second-order valence-corrected chi connectivity index (χ2v) is 2.30. The summed E-state index contributed by atoms with van der Waals surface area (Å²) < 4.78 is 4.98. The molecule has 0 heterocycles. The van der Waals surface area contributed by atoms with E-state index in [1.807, 2.05) is 24.3 Å². The van der Waals surface area contributed by atoms with Crippen LogP contribution in [0, 0.1) is 11.8 Å². The van der Waals surface area contributed by atoms with E-state index >= 15 is 0 Å². The molecule has 0 atom stereocenters. The highest BCUT2D eigenvalue weighted by Crippen LogP contribution is 2.09. The van der Waals surface area contributed by atoms with E-state index in [0.717, 1.165) is 11.3 Å². The predicted molar refractivity (Wildman–Crippen MR) is 48.5 cm³/mol. The van der Waals surface area contributed by atoms with E-state index < -0.39 is 0 Å². The lowest BCUT2D eigenvalue weighted by atomic mass is 10.2. The molecule has 1 aromatic carbocycles. The van der Waals surface area contributed by atoms with Gasteiger partial charge in [0.05, 0.1) is 7.11 Å². The van der Waals surface area contributed by atoms with Crippen LogP contribution in [0.15, 0.2) is 24.3 Å². The van der Waals surface area contributed by atoms with Crippen molar-refractivity contribution in [3.05, 3.63) is 29.8 Å². The molecule has 0 aliphatic heterocycles. The normalized spacial score (nSPS) is 8.77. The molecule has 0 aliphatic rings. The molecule has 13 heavy (non-hydrogen) atoms. The molecule has 1 aromatic rings. The van der Waals surface area contributed by atoms with Crippen LogP contribution in [0.1, 0.15) is 5.56 Å². The van der Waals surface area contributed by atoms with Crippen molar-refractivity contribution in [2.75, 3.05) is 13.7 Å². The van der Waals surface area contributed by atoms with Crippen LogP contribution >= 0.6 is 0 Å². The van der Waals surface area contributed by atoms with Gasteiger partial charge in [-0.3, -0.25) is 5.26 Å². The first kappa shape index (κ1) is 9.59. The fourth-order valence-electron chi connectivity index (χ4n) is 0.845. The summed E-state index contributed by atoms with van der Waals surface area (Å²) in [6.07, 6.45) is 0. The number of methoxy groups -OCH3 is 1. The molecule has 0 radical (unpaired) electrons. The first-order chi connectivity index (χ1) is 6.36. The Labute approximate surface area is 76.8 Å². The van der Waals surface area contributed by atoms with Crippen molar-refractivity contribution < 1.29 is 14.9 Å². The van der Waals surface area contributed by atoms with Crippen molar-refractivity contribution in [1.29, 1.82) is 0 Å². The average molecular weight is 178 g/mol. The Hall–Kier alpha value is -1.50. The number of benzene rings is 1. The Bertz CT molecular complexity index is 305. The number of hydrogen-bond donors (Lipinski definition) is 1. The zero-order chi connectivity index (χ0) is 9.52. The van der Waals surface area contributed by atoms with Gasteiger partial charge in [-0.1, -0.05) is 11.8 Å². The summed E-state index contributed by atoms with van der Waals surface area (Å²) in [6, 6.07) is 7.32. The van der Waals surface area contributed by atoms with Crippen molar-refractivity contribution in [2.45, 2.75) is 0 Å². The number of hydrogen-bond acceptors (Lipinski definition) is 3. The molecule has 0 bridgehead atoms. The van der Waals surface area contributed by atoms with Crippen LogP contribution in [0.3, 0.4) is 0 Å². The molecule has 0 aromatic heterocycles. The smallest absolute Gasteiger partial charge is 0.143 e. The van der Waals surface area contributed by atoms with Gasteiger partial charge in [0.2, 0.25) is 0 Å². The average Bonchev–Trinajstić information content (AvgIpc) is 2.19. The lowest BCUT2D eigenvalue weighted by molar-refractivity contribution is -0.229. The second-order valence-electron chi connectivity index (χ2n) is 2.30. The zero-order valence-electron chi connectivity index (χ0n) is 7.28. The summed E-state index contributed by atoms with van der Waals surface area (Å²) >= 11 is 0. The maximum Gasteiger partial charge on any atom is 0.143 e. The monoisotopic (exact) mass is 178 g/mol. The highest BCUT2D eigenvalue weighted by Gasteiger charge is 1.88. The van der Waals surface area contributed by atoms with Gasteiger partial charge in [-0.25, -0.2) is 4.89 Å². The predicted octanol–water partition coefficient (Wildman–Crippen LogP) is 1.54. The van der Waals surface area contributed by atoms with Gasteiger partial charge in [0.25, 0.3) is 0 Å². The van der Waals surface area contributed by atoms with Gasteiger partial charge in [-0.05, 0) is 24.3 Å². The minimum Gasteiger partial charge on any atom is -0.497 e. The van der Waals surface area contributed by atoms with E-state index in [4.69, 9.17) is 9.99 Å². The highest BCUT2D eigenvalue weighted by molar-refractivity contribution is 5.38. The molecule has 0 unspecified atom stereocenters. The fourth-order valence-corrected chi connectivity index (χ4v) is 0.845. The van der Waals surface area contributed by atoms with E-state index in [0.29, 0.717) is 0 Å². The van der Waals surface area contributed by atoms with Crippen LogP contribution in [0.4, 0.5) is 0 Å². The third-order valence-corrected chi connectivity index (χ3v) is 1.46. The van der Waals surface area contributed by atoms with Crippen molar-refractivity contribution in [1.82, 2.24) is 0 Å². The van der Waals surface area contributed by atoms with Crippen LogP contribution in [0.5, 0.6) is 5.75 Å². The molecule has 0 amide bonds. The quantitative estimate of drug-likeness (QED) is 0.424. The Balaban J connectivity index is 2.65. The lowest BCUT2D eigenvalue weighted by Gasteiger charge is -1.97. The van der Waals surface area contributed by atoms with Gasteiger partial charge in [-0.15, -0.1) is 0 Å². The molecule has 0 aliphatic carbocycles. The Morgan fingerprint density at radius 3 is 2.54 bits per heavy atom. The molecule has 0 spiro atoms. The van der Waals surface area contributed by atoms with Gasteiger partial charge < -0.3 is 4.74 Å². The van der Waals surface area contributed by atoms with Gasteiger partial charge >= 0.3 is 0 Å². The Morgan fingerprint density at radius 1 is 1.31 bits per heavy atom. The summed E-state index contributed by atoms with van der Waals surface area (Å²) in [5.41, 5.74) is 0.859. The molecular weight excluding hydrogens is 168 g/mol. The zero-order valence-corrected chi connectivity index (χ0v) is 7.28. The maximum absolute atomic E-state index is 8.00. The third-order valence-electron chi connectivity index (χ3n) is 1.46. The molecule has 1 rings (SSSR count). The first-order valence-electron chi connectivity index (χ1n) is 3.76. The number of rotatable bonds is 2. The molecule has 1 N–H and O–H groups in total. The minimum atomic E-state index is 0.0199. The molecule has 0 fully saturated rings. The van der Waals surface area contributed by atoms with E-state index in [2.05, 4.69) is 16.7 Å². The fraction of sp³-hybridized carbons (Fsp3) is 0.200. The van der Waals surface area contributed by atoms with E-state index in [9.17, 15) is 0 Å². The van der Waals surface area contributed by atoms with Crippen molar-refractivity contribution in [2.24, 2.45) is 0 Å². The van der Waals surface area contributed by atoms with Crippen LogP contribution in [-0.4, -0.2) is 19.0 Å². The molecule has 3 heteroatoms. The molecule has 68 valence electrons. The highest BCUT2D eigenvalue weighted by atomic mass is 17.1. The van der Waals surface area contributed by atoms with Gasteiger partial charge in [-0.2, -0.15) is 0 Å². The molecule has 0 saturated heterocycles. The van der Waals surface area contributed by atoms with Gasteiger partial charge in [0.15, 0.2) is 0 Å². The van der Waals surface area contributed by atoms with E-state index in [1.165, 1.54) is 0 Å². The minimum absolute atomic E-state index is 0.0199. The summed E-state index contributed by atoms with van der Waals surface area (Å²) in [7, 11) is 1.61. The van der Waals surface area contributed by atoms with Crippen molar-refractivity contribution >= 4 is 0 Å². The van der Waals surface area contributed by atoms with Gasteiger partial charge in [0, 0.05) is 5.56 Å². The molecular formula is C10H10O3. The summed E-state index contributed by atoms with van der Waals surface area (Å²) in [6.45, 7) is 0.0199. The Morgan fingerprint density at radius 2 is 2.00 bits per heavy atom. The topological polar surface area (TPSA) is 38.7 Å². The standard InChI is InChI=1S/C10H10O3/c1-12-10-6-4-9(5-7-10)3-2-8-13-11/h4-7,11H,8H2,1H3. The van der Waals surface area contributed by atoms with Crippen LogP contribution in [0.25, 0.3) is 0 Å². The van der Waals surface area contributed by atoms with Crippen LogP contribution in [-0.2, 0) is 4.89 Å². The number of ether oxygens (including phenoxy) is 1. The van der Waals surface area contributed by atoms with E-state index in [-0.39, 0.29) is 6.61 Å². The van der Waals surface area contributed by atoms with Crippen molar-refractivity contribution in [3.63, 3.8) is 0 Å². The van der Waals surface area contributed by atoms with Crippen LogP contribution < -0.4 is 4.74 Å². The SMILES string of the molecule is COc1ccc(C#CCOO)cc1. The second kappa shape index (κ2) is 5.20. The third kappa shape index (κ3) is 3.16. The summed E-state index contributed by atoms with van der Waals surface area (Å²) in [5.74, 6) is 6.23. The first-order valence-corrected chi connectivity index (χ1v) is 3.76. The lowest BCUT2D eigenvalue weighted by Crippen LogP contribution is -1.84. The summed E-state index contributed by atoms with van der Waals surface area (Å²) in [4.78, 5) is 3.81. The summed E-state index contributed by atoms with van der Waals surface area (Å²) in [5, 5.41) is 8.00. The maximum atomic E-state index is 8.00.